The first kappa shape index (κ1) is 17.2. The van der Waals surface area contributed by atoms with Gasteiger partial charge in [-0.05, 0) is 18.9 Å². The molecule has 1 saturated heterocycles. The van der Waals surface area contributed by atoms with Crippen molar-refractivity contribution >= 4 is 5.91 Å². The van der Waals surface area contributed by atoms with Gasteiger partial charge in [0.2, 0.25) is 0 Å². The Balaban J connectivity index is 1.80. The number of carbonyl (C=O) groups is 1. The van der Waals surface area contributed by atoms with Gasteiger partial charge in [-0.2, -0.15) is 18.3 Å². The molecule has 3 heterocycles. The lowest BCUT2D eigenvalue weighted by molar-refractivity contribution is -0.143. The van der Waals surface area contributed by atoms with Crippen LogP contribution in [-0.4, -0.2) is 43.6 Å². The SMILES string of the molecule is Cn1nc(C(=O)N2CCCC(c3ccnc(=O)[nH]3)C2)cc1C(F)(F)F. The van der Waals surface area contributed by atoms with Crippen molar-refractivity contribution < 1.29 is 18.0 Å². The number of nitrogens with zero attached hydrogens (tertiary/aromatic N) is 4. The average Bonchev–Trinajstić information content (AvgIpc) is 2.96. The molecule has 1 aliphatic rings. The van der Waals surface area contributed by atoms with E-state index in [9.17, 15) is 22.8 Å². The Kier molecular flexibility index (Phi) is 4.36. The number of aromatic nitrogens is 4. The fourth-order valence-electron chi connectivity index (χ4n) is 3.04. The van der Waals surface area contributed by atoms with Crippen LogP contribution in [0.15, 0.2) is 23.1 Å². The number of alkyl halides is 3. The zero-order valence-electron chi connectivity index (χ0n) is 13.4. The molecule has 1 N–H and O–H groups in total. The van der Waals surface area contributed by atoms with Crippen LogP contribution in [0.1, 0.15) is 40.6 Å². The Hall–Kier alpha value is -2.65. The summed E-state index contributed by atoms with van der Waals surface area (Å²) in [7, 11) is 1.15. The summed E-state index contributed by atoms with van der Waals surface area (Å²) in [6.45, 7) is 0.735. The second-order valence-electron chi connectivity index (χ2n) is 5.96. The van der Waals surface area contributed by atoms with Crippen molar-refractivity contribution in [2.45, 2.75) is 24.9 Å². The van der Waals surface area contributed by atoms with Crippen molar-refractivity contribution in [2.75, 3.05) is 13.1 Å². The Morgan fingerprint density at radius 3 is 2.80 bits per heavy atom. The predicted octanol–water partition coefficient (Wildman–Crippen LogP) is 1.54. The molecule has 25 heavy (non-hydrogen) atoms. The molecule has 0 bridgehead atoms. The first-order valence-electron chi connectivity index (χ1n) is 7.71. The number of amides is 1. The zero-order valence-corrected chi connectivity index (χ0v) is 13.4. The first-order chi connectivity index (χ1) is 11.8. The summed E-state index contributed by atoms with van der Waals surface area (Å²) in [6.07, 6.45) is -1.73. The maximum atomic E-state index is 12.9. The first-order valence-corrected chi connectivity index (χ1v) is 7.71. The van der Waals surface area contributed by atoms with Crippen molar-refractivity contribution in [3.63, 3.8) is 0 Å². The summed E-state index contributed by atoms with van der Waals surface area (Å²) < 4.78 is 39.3. The van der Waals surface area contributed by atoms with Crippen LogP contribution >= 0.6 is 0 Å². The zero-order chi connectivity index (χ0) is 18.2. The van der Waals surface area contributed by atoms with Gasteiger partial charge < -0.3 is 9.88 Å². The molecule has 1 aliphatic heterocycles. The quantitative estimate of drug-likeness (QED) is 0.886. The second-order valence-corrected chi connectivity index (χ2v) is 5.96. The number of hydrogen-bond acceptors (Lipinski definition) is 4. The highest BCUT2D eigenvalue weighted by Crippen LogP contribution is 2.30. The molecule has 0 saturated carbocycles. The van der Waals surface area contributed by atoms with E-state index >= 15 is 0 Å². The van der Waals surface area contributed by atoms with Gasteiger partial charge >= 0.3 is 11.9 Å². The molecule has 7 nitrogen and oxygen atoms in total. The van der Waals surface area contributed by atoms with E-state index in [1.807, 2.05) is 0 Å². The molecule has 1 fully saturated rings. The smallest absolute Gasteiger partial charge is 0.337 e. The lowest BCUT2D eigenvalue weighted by Gasteiger charge is -2.32. The number of hydrogen-bond donors (Lipinski definition) is 1. The Labute approximate surface area is 140 Å². The molecule has 2 aromatic rings. The minimum absolute atomic E-state index is 0.0980. The van der Waals surface area contributed by atoms with E-state index in [4.69, 9.17) is 0 Å². The fraction of sp³-hybridized carbons (Fsp3) is 0.467. The molecule has 1 atom stereocenters. The highest BCUT2D eigenvalue weighted by atomic mass is 19.4. The van der Waals surface area contributed by atoms with Gasteiger partial charge in [-0.3, -0.25) is 9.48 Å². The standard InChI is InChI=1S/C15H16F3N5O2/c1-22-12(15(16,17)18)7-11(21-22)13(24)23-6-2-3-9(8-23)10-4-5-19-14(25)20-10/h4-5,7,9H,2-3,6,8H2,1H3,(H,19,20,25). The third kappa shape index (κ3) is 3.57. The summed E-state index contributed by atoms with van der Waals surface area (Å²) in [5, 5.41) is 3.70. The number of aromatic amines is 1. The van der Waals surface area contributed by atoms with Crippen LogP contribution in [0.4, 0.5) is 13.2 Å². The van der Waals surface area contributed by atoms with Crippen LogP contribution in [0.3, 0.4) is 0 Å². The molecule has 1 amide bonds. The highest BCUT2D eigenvalue weighted by molar-refractivity contribution is 5.92. The summed E-state index contributed by atoms with van der Waals surface area (Å²) in [6, 6.07) is 2.43. The number of aryl methyl sites for hydroxylation is 1. The number of rotatable bonds is 2. The molecule has 134 valence electrons. The number of halogens is 3. The molecule has 0 radical (unpaired) electrons. The highest BCUT2D eigenvalue weighted by Gasteiger charge is 2.36. The normalized spacial score (nSPS) is 18.4. The molecular formula is C15H16F3N5O2. The van der Waals surface area contributed by atoms with Crippen molar-refractivity contribution in [1.29, 1.82) is 0 Å². The van der Waals surface area contributed by atoms with Crippen LogP contribution < -0.4 is 5.69 Å². The van der Waals surface area contributed by atoms with Crippen LogP contribution in [0.5, 0.6) is 0 Å². The number of carbonyl (C=O) groups excluding carboxylic acids is 1. The van der Waals surface area contributed by atoms with Gasteiger partial charge in [-0.1, -0.05) is 0 Å². The van der Waals surface area contributed by atoms with Gasteiger partial charge in [0.1, 0.15) is 5.69 Å². The van der Waals surface area contributed by atoms with Gasteiger partial charge in [0.15, 0.2) is 5.69 Å². The van der Waals surface area contributed by atoms with Gasteiger partial charge in [0.05, 0.1) is 0 Å². The van der Waals surface area contributed by atoms with Crippen LogP contribution in [-0.2, 0) is 13.2 Å². The van der Waals surface area contributed by atoms with E-state index in [1.54, 1.807) is 6.07 Å². The van der Waals surface area contributed by atoms with E-state index in [-0.39, 0.29) is 11.6 Å². The minimum Gasteiger partial charge on any atom is -0.337 e. The lowest BCUT2D eigenvalue weighted by atomic mass is 9.94. The minimum atomic E-state index is -4.57. The van der Waals surface area contributed by atoms with Gasteiger partial charge in [0.25, 0.3) is 5.91 Å². The van der Waals surface area contributed by atoms with Gasteiger partial charge in [-0.25, -0.2) is 9.78 Å². The van der Waals surface area contributed by atoms with Crippen molar-refractivity contribution in [2.24, 2.45) is 7.05 Å². The third-order valence-corrected chi connectivity index (χ3v) is 4.23. The topological polar surface area (TPSA) is 83.9 Å². The van der Waals surface area contributed by atoms with Crippen LogP contribution in [0.2, 0.25) is 0 Å². The van der Waals surface area contributed by atoms with E-state index < -0.39 is 23.5 Å². The van der Waals surface area contributed by atoms with Crippen LogP contribution in [0, 0.1) is 0 Å². The largest absolute Gasteiger partial charge is 0.433 e. The summed E-state index contributed by atoms with van der Waals surface area (Å²) in [5.74, 6) is -0.647. The molecule has 0 aliphatic carbocycles. The predicted molar refractivity (Wildman–Crippen MR) is 80.9 cm³/mol. The maximum Gasteiger partial charge on any atom is 0.433 e. The lowest BCUT2D eigenvalue weighted by Crippen LogP contribution is -2.39. The fourth-order valence-corrected chi connectivity index (χ4v) is 3.04. The maximum absolute atomic E-state index is 12.9. The molecule has 1 unspecified atom stereocenters. The van der Waals surface area contributed by atoms with Gasteiger partial charge in [0, 0.05) is 44.0 Å². The van der Waals surface area contributed by atoms with Crippen molar-refractivity contribution in [3.8, 4) is 0 Å². The summed E-state index contributed by atoms with van der Waals surface area (Å²) >= 11 is 0. The van der Waals surface area contributed by atoms with E-state index in [2.05, 4.69) is 15.1 Å². The number of H-pyrrole nitrogens is 1. The van der Waals surface area contributed by atoms with E-state index in [0.29, 0.717) is 29.9 Å². The monoisotopic (exact) mass is 355 g/mol. The van der Waals surface area contributed by atoms with E-state index in [1.165, 1.54) is 11.1 Å². The molecule has 3 rings (SSSR count). The summed E-state index contributed by atoms with van der Waals surface area (Å²) in [4.78, 5) is 31.5. The van der Waals surface area contributed by atoms with Crippen LogP contribution in [0.25, 0.3) is 0 Å². The number of piperidine rings is 1. The molecule has 0 spiro atoms. The van der Waals surface area contributed by atoms with Crippen molar-refractivity contribution in [3.05, 3.63) is 45.9 Å². The van der Waals surface area contributed by atoms with E-state index in [0.717, 1.165) is 19.5 Å². The Morgan fingerprint density at radius 2 is 2.16 bits per heavy atom. The number of nitrogens with one attached hydrogen (secondary N) is 1. The molecule has 0 aromatic carbocycles. The molecule has 2 aromatic heterocycles. The van der Waals surface area contributed by atoms with Gasteiger partial charge in [-0.15, -0.1) is 0 Å². The Morgan fingerprint density at radius 1 is 1.40 bits per heavy atom. The average molecular weight is 355 g/mol. The molecule has 10 heteroatoms. The number of likely N-dealkylation sites (tertiary alicyclic amines) is 1. The second kappa shape index (κ2) is 6.34. The summed E-state index contributed by atoms with van der Waals surface area (Å²) in [5.41, 5.74) is -1.02. The Bertz CT molecular complexity index is 842. The third-order valence-electron chi connectivity index (χ3n) is 4.23. The van der Waals surface area contributed by atoms with Crippen molar-refractivity contribution in [1.82, 2.24) is 24.6 Å². The molecular weight excluding hydrogens is 339 g/mol.